The van der Waals surface area contributed by atoms with Crippen LogP contribution in [0.4, 0.5) is 0 Å². The number of amides is 1. The van der Waals surface area contributed by atoms with E-state index < -0.39 is 6.17 Å². The summed E-state index contributed by atoms with van der Waals surface area (Å²) in [4.78, 5) is 18.5. The van der Waals surface area contributed by atoms with Gasteiger partial charge in [-0.1, -0.05) is 44.2 Å². The third kappa shape index (κ3) is 3.36. The van der Waals surface area contributed by atoms with Gasteiger partial charge in [0.1, 0.15) is 5.75 Å². The van der Waals surface area contributed by atoms with Gasteiger partial charge in [-0.25, -0.2) is 0 Å². The van der Waals surface area contributed by atoms with E-state index in [1.807, 2.05) is 18.2 Å². The van der Waals surface area contributed by atoms with Gasteiger partial charge >= 0.3 is 0 Å². The Morgan fingerprint density at radius 3 is 2.77 bits per heavy atom. The molecular weight excluding hydrogens is 376 g/mol. The predicted octanol–water partition coefficient (Wildman–Crippen LogP) is 3.28. The van der Waals surface area contributed by atoms with E-state index >= 15 is 0 Å². The number of aromatic nitrogens is 1. The summed E-state index contributed by atoms with van der Waals surface area (Å²) in [6.07, 6.45) is 0.213. The number of carbonyl (C=O) groups is 1. The van der Waals surface area contributed by atoms with Crippen LogP contribution in [0.1, 0.15) is 48.2 Å². The van der Waals surface area contributed by atoms with Gasteiger partial charge in [0.25, 0.3) is 0 Å². The van der Waals surface area contributed by atoms with Crippen LogP contribution in [0.2, 0.25) is 0 Å². The quantitative estimate of drug-likeness (QED) is 0.607. The van der Waals surface area contributed by atoms with Crippen LogP contribution >= 0.6 is 0 Å². The van der Waals surface area contributed by atoms with Crippen LogP contribution in [0.3, 0.4) is 0 Å². The Morgan fingerprint density at radius 1 is 1.30 bits per heavy atom. The molecular formula is C24H30N4O2. The number of H-pyrrole nitrogens is 1. The summed E-state index contributed by atoms with van der Waals surface area (Å²) in [5, 5.41) is 4.14. The first-order valence-electron chi connectivity index (χ1n) is 10.4. The number of benzene rings is 2. The van der Waals surface area contributed by atoms with Crippen molar-refractivity contribution in [3.63, 3.8) is 0 Å². The number of nitrogens with one attached hydrogen (secondary N) is 2. The van der Waals surface area contributed by atoms with Crippen molar-refractivity contribution in [2.24, 2.45) is 5.73 Å². The lowest BCUT2D eigenvalue weighted by Crippen LogP contribution is -2.54. The van der Waals surface area contributed by atoms with E-state index in [1.165, 1.54) is 10.9 Å². The van der Waals surface area contributed by atoms with Gasteiger partial charge in [0.2, 0.25) is 5.91 Å². The number of para-hydroxylation sites is 1. The molecule has 30 heavy (non-hydrogen) atoms. The maximum absolute atomic E-state index is 13.1. The summed E-state index contributed by atoms with van der Waals surface area (Å²) in [5.41, 5.74) is 12.0. The molecule has 0 saturated heterocycles. The zero-order valence-corrected chi connectivity index (χ0v) is 18.0. The van der Waals surface area contributed by atoms with Crippen molar-refractivity contribution >= 4 is 16.8 Å². The number of likely N-dealkylation sites (N-methyl/N-ethyl adjacent to an activating group) is 1. The summed E-state index contributed by atoms with van der Waals surface area (Å²) < 4.78 is 5.70. The molecule has 1 aromatic heterocycles. The first-order valence-corrected chi connectivity index (χ1v) is 10.4. The highest BCUT2D eigenvalue weighted by Crippen LogP contribution is 2.41. The Balaban J connectivity index is 1.92. The Hall–Kier alpha value is -2.83. The zero-order chi connectivity index (χ0) is 21.4. The minimum Gasteiger partial charge on any atom is -0.496 e. The largest absolute Gasteiger partial charge is 0.496 e. The average molecular weight is 407 g/mol. The Morgan fingerprint density at radius 2 is 2.07 bits per heavy atom. The number of nitrogens with zero attached hydrogens (tertiary/aromatic N) is 1. The van der Waals surface area contributed by atoms with Crippen LogP contribution in [0.25, 0.3) is 10.9 Å². The van der Waals surface area contributed by atoms with Crippen molar-refractivity contribution in [1.82, 2.24) is 15.2 Å². The maximum Gasteiger partial charge on any atom is 0.238 e. The molecule has 1 amide bonds. The minimum absolute atomic E-state index is 0.0220. The van der Waals surface area contributed by atoms with Gasteiger partial charge in [-0.05, 0) is 41.8 Å². The fourth-order valence-corrected chi connectivity index (χ4v) is 4.59. The Labute approximate surface area is 177 Å². The maximum atomic E-state index is 13.1. The van der Waals surface area contributed by atoms with E-state index in [4.69, 9.17) is 10.5 Å². The predicted molar refractivity (Wildman–Crippen MR) is 120 cm³/mol. The second kappa shape index (κ2) is 8.13. The van der Waals surface area contributed by atoms with E-state index in [9.17, 15) is 4.79 Å². The molecule has 0 fully saturated rings. The second-order valence-electron chi connectivity index (χ2n) is 8.22. The number of carbonyl (C=O) groups excluding carboxylic acids is 1. The van der Waals surface area contributed by atoms with Gasteiger partial charge in [-0.15, -0.1) is 0 Å². The normalized spacial score (nSPS) is 18.7. The molecule has 2 heterocycles. The average Bonchev–Trinajstić information content (AvgIpc) is 3.10. The van der Waals surface area contributed by atoms with Crippen molar-refractivity contribution in [3.8, 4) is 5.75 Å². The molecule has 3 aromatic rings. The fraction of sp³-hybridized carbons (Fsp3) is 0.375. The number of hydrogen-bond acceptors (Lipinski definition) is 4. The van der Waals surface area contributed by atoms with Crippen LogP contribution in [-0.2, 0) is 11.2 Å². The molecule has 4 rings (SSSR count). The number of rotatable bonds is 5. The second-order valence-corrected chi connectivity index (χ2v) is 8.22. The molecule has 1 aliphatic rings. The van der Waals surface area contributed by atoms with Gasteiger partial charge < -0.3 is 25.7 Å². The van der Waals surface area contributed by atoms with E-state index in [0.29, 0.717) is 12.3 Å². The summed E-state index contributed by atoms with van der Waals surface area (Å²) >= 11 is 0. The first-order chi connectivity index (χ1) is 14.5. The smallest absolute Gasteiger partial charge is 0.238 e. The highest BCUT2D eigenvalue weighted by atomic mass is 16.5. The van der Waals surface area contributed by atoms with Gasteiger partial charge in [0, 0.05) is 23.0 Å². The molecule has 158 valence electrons. The van der Waals surface area contributed by atoms with E-state index in [1.54, 1.807) is 19.1 Å². The molecule has 0 radical (unpaired) electrons. The highest BCUT2D eigenvalue weighted by Gasteiger charge is 2.38. The van der Waals surface area contributed by atoms with Crippen LogP contribution in [0, 0.1) is 0 Å². The Bertz CT molecular complexity index is 1070. The monoisotopic (exact) mass is 406 g/mol. The van der Waals surface area contributed by atoms with E-state index in [2.05, 4.69) is 48.4 Å². The molecule has 6 heteroatoms. The van der Waals surface area contributed by atoms with Crippen LogP contribution in [0.5, 0.6) is 5.75 Å². The number of methoxy groups -OCH3 is 1. The van der Waals surface area contributed by atoms with Crippen molar-refractivity contribution < 1.29 is 9.53 Å². The SMILES string of the molecule is CNCC(=O)N1C(N)Cc2c([nH]c3ccccc23)C1c1ccc(C(C)C)c(OC)c1. The summed E-state index contributed by atoms with van der Waals surface area (Å²) in [6, 6.07) is 14.2. The number of nitrogens with two attached hydrogens (primary N) is 1. The third-order valence-corrected chi connectivity index (χ3v) is 5.98. The fourth-order valence-electron chi connectivity index (χ4n) is 4.59. The molecule has 4 N–H and O–H groups in total. The topological polar surface area (TPSA) is 83.4 Å². The summed E-state index contributed by atoms with van der Waals surface area (Å²) in [5.74, 6) is 1.15. The number of hydrogen-bond donors (Lipinski definition) is 3. The van der Waals surface area contributed by atoms with Crippen LogP contribution < -0.4 is 15.8 Å². The number of aromatic amines is 1. The first kappa shape index (κ1) is 20.4. The zero-order valence-electron chi connectivity index (χ0n) is 18.0. The minimum atomic E-state index is -0.404. The van der Waals surface area contributed by atoms with Crippen LogP contribution in [0.15, 0.2) is 42.5 Å². The van der Waals surface area contributed by atoms with Crippen molar-refractivity contribution in [2.45, 2.75) is 38.4 Å². The summed E-state index contributed by atoms with van der Waals surface area (Å²) in [7, 11) is 3.47. The van der Waals surface area contributed by atoms with Crippen molar-refractivity contribution in [2.75, 3.05) is 20.7 Å². The molecule has 0 spiro atoms. The third-order valence-electron chi connectivity index (χ3n) is 5.98. The summed E-state index contributed by atoms with van der Waals surface area (Å²) in [6.45, 7) is 4.53. The molecule has 2 aromatic carbocycles. The lowest BCUT2D eigenvalue weighted by Gasteiger charge is -2.41. The lowest BCUT2D eigenvalue weighted by molar-refractivity contribution is -0.135. The van der Waals surface area contributed by atoms with Gasteiger partial charge in [-0.2, -0.15) is 0 Å². The highest BCUT2D eigenvalue weighted by molar-refractivity contribution is 5.87. The molecule has 6 nitrogen and oxygen atoms in total. The van der Waals surface area contributed by atoms with Gasteiger partial charge in [0.05, 0.1) is 25.9 Å². The van der Waals surface area contributed by atoms with Crippen molar-refractivity contribution in [1.29, 1.82) is 0 Å². The number of ether oxygens (including phenoxy) is 1. The molecule has 2 atom stereocenters. The van der Waals surface area contributed by atoms with Gasteiger partial charge in [0.15, 0.2) is 0 Å². The number of fused-ring (bicyclic) bond motifs is 3. The Kier molecular flexibility index (Phi) is 5.54. The lowest BCUT2D eigenvalue weighted by atomic mass is 9.89. The van der Waals surface area contributed by atoms with Crippen LogP contribution in [-0.4, -0.2) is 42.7 Å². The van der Waals surface area contributed by atoms with E-state index in [0.717, 1.165) is 28.1 Å². The van der Waals surface area contributed by atoms with Crippen molar-refractivity contribution in [3.05, 3.63) is 64.8 Å². The molecule has 0 bridgehead atoms. The molecule has 1 aliphatic heterocycles. The molecule has 0 aliphatic carbocycles. The standard InChI is InChI=1S/C24H30N4O2/c1-14(2)16-10-9-15(11-20(16)30-4)24-23-18(17-7-5-6-8-19(17)27-23)12-21(25)28(24)22(29)13-26-3/h5-11,14,21,24,26-27H,12-13,25H2,1-4H3. The van der Waals surface area contributed by atoms with Gasteiger partial charge in [-0.3, -0.25) is 4.79 Å². The van der Waals surface area contributed by atoms with E-state index in [-0.39, 0.29) is 18.5 Å². The molecule has 2 unspecified atom stereocenters. The molecule has 0 saturated carbocycles.